The van der Waals surface area contributed by atoms with E-state index in [4.69, 9.17) is 0 Å². The summed E-state index contributed by atoms with van der Waals surface area (Å²) in [6.07, 6.45) is 1.77. The van der Waals surface area contributed by atoms with Crippen LogP contribution in [0.2, 0.25) is 0 Å². The summed E-state index contributed by atoms with van der Waals surface area (Å²) in [5.41, 5.74) is 0.939. The Kier molecular flexibility index (Phi) is 4.47. The molecule has 0 atom stereocenters. The molecule has 1 aromatic rings. The molecule has 0 aliphatic carbocycles. The number of halogens is 1. The highest BCUT2D eigenvalue weighted by atomic mass is 19.1. The van der Waals surface area contributed by atoms with Crippen LogP contribution in [0.15, 0.2) is 18.2 Å². The maximum Gasteiger partial charge on any atom is 0.251 e. The van der Waals surface area contributed by atoms with Gasteiger partial charge < -0.3 is 5.32 Å². The van der Waals surface area contributed by atoms with Gasteiger partial charge >= 0.3 is 0 Å². The third-order valence-corrected chi connectivity index (χ3v) is 2.75. The van der Waals surface area contributed by atoms with Crippen LogP contribution in [-0.2, 0) is 0 Å². The van der Waals surface area contributed by atoms with Gasteiger partial charge in [0.2, 0.25) is 0 Å². The van der Waals surface area contributed by atoms with E-state index in [-0.39, 0.29) is 17.8 Å². The van der Waals surface area contributed by atoms with Gasteiger partial charge in [0.15, 0.2) is 0 Å². The smallest absolute Gasteiger partial charge is 0.251 e. The van der Waals surface area contributed by atoms with Crippen molar-refractivity contribution in [3.63, 3.8) is 0 Å². The lowest BCUT2D eigenvalue weighted by Crippen LogP contribution is -2.33. The summed E-state index contributed by atoms with van der Waals surface area (Å²) in [4.78, 5) is 11.8. The molecule has 0 radical (unpaired) electrons. The van der Waals surface area contributed by atoms with E-state index in [9.17, 15) is 9.18 Å². The Balaban J connectivity index is 2.76. The van der Waals surface area contributed by atoms with Crippen molar-refractivity contribution in [1.29, 1.82) is 0 Å². The molecular formula is C13H18FNO. The van der Waals surface area contributed by atoms with Crippen LogP contribution >= 0.6 is 0 Å². The first-order valence-corrected chi connectivity index (χ1v) is 5.65. The predicted octanol–water partition coefficient (Wildman–Crippen LogP) is 3.05. The van der Waals surface area contributed by atoms with Crippen LogP contribution in [0.3, 0.4) is 0 Å². The van der Waals surface area contributed by atoms with E-state index < -0.39 is 0 Å². The van der Waals surface area contributed by atoms with Crippen LogP contribution in [0.5, 0.6) is 0 Å². The zero-order chi connectivity index (χ0) is 12.1. The molecule has 0 unspecified atom stereocenters. The number of carbonyl (C=O) groups excluding carboxylic acids is 1. The summed E-state index contributed by atoms with van der Waals surface area (Å²) < 4.78 is 13.3. The first-order chi connectivity index (χ1) is 7.58. The van der Waals surface area contributed by atoms with Crippen molar-refractivity contribution in [3.8, 4) is 0 Å². The molecule has 1 rings (SSSR count). The number of benzene rings is 1. The quantitative estimate of drug-likeness (QED) is 0.835. The number of hydrogen-bond acceptors (Lipinski definition) is 1. The van der Waals surface area contributed by atoms with E-state index in [0.717, 1.165) is 12.8 Å². The number of rotatable bonds is 4. The highest BCUT2D eigenvalue weighted by Crippen LogP contribution is 2.09. The van der Waals surface area contributed by atoms with Gasteiger partial charge in [-0.1, -0.05) is 19.9 Å². The lowest BCUT2D eigenvalue weighted by atomic mass is 10.1. The molecule has 0 aromatic heterocycles. The minimum Gasteiger partial charge on any atom is -0.349 e. The minimum absolute atomic E-state index is 0.164. The number of amides is 1. The molecule has 0 fully saturated rings. The molecule has 0 spiro atoms. The van der Waals surface area contributed by atoms with Crippen molar-refractivity contribution in [3.05, 3.63) is 35.1 Å². The van der Waals surface area contributed by atoms with Crippen molar-refractivity contribution >= 4 is 5.91 Å². The van der Waals surface area contributed by atoms with Crippen molar-refractivity contribution in [1.82, 2.24) is 5.32 Å². The average molecular weight is 223 g/mol. The highest BCUT2D eigenvalue weighted by molar-refractivity contribution is 5.94. The number of carbonyl (C=O) groups is 1. The second-order valence-electron chi connectivity index (χ2n) is 3.95. The van der Waals surface area contributed by atoms with Crippen LogP contribution in [0.1, 0.15) is 42.6 Å². The molecule has 1 amide bonds. The summed E-state index contributed by atoms with van der Waals surface area (Å²) in [6, 6.07) is 4.72. The molecule has 2 nitrogen and oxygen atoms in total. The van der Waals surface area contributed by atoms with Gasteiger partial charge in [-0.2, -0.15) is 0 Å². The molecule has 3 heteroatoms. The first kappa shape index (κ1) is 12.7. The monoisotopic (exact) mass is 223 g/mol. The highest BCUT2D eigenvalue weighted by Gasteiger charge is 2.11. The van der Waals surface area contributed by atoms with Gasteiger partial charge in [-0.05, 0) is 37.5 Å². The SMILES string of the molecule is CCC(CC)NC(=O)c1ccc(C)c(F)c1. The topological polar surface area (TPSA) is 29.1 Å². The summed E-state index contributed by atoms with van der Waals surface area (Å²) in [5, 5.41) is 2.87. The largest absolute Gasteiger partial charge is 0.349 e. The van der Waals surface area contributed by atoms with Crippen LogP contribution in [0.25, 0.3) is 0 Å². The number of nitrogens with one attached hydrogen (secondary N) is 1. The fourth-order valence-electron chi connectivity index (χ4n) is 1.50. The molecule has 0 aliphatic heterocycles. The molecular weight excluding hydrogens is 205 g/mol. The Bertz CT molecular complexity index is 372. The molecule has 16 heavy (non-hydrogen) atoms. The van der Waals surface area contributed by atoms with E-state index in [1.54, 1.807) is 19.1 Å². The molecule has 1 aromatic carbocycles. The van der Waals surface area contributed by atoms with Crippen LogP contribution in [0, 0.1) is 12.7 Å². The maximum absolute atomic E-state index is 13.3. The van der Waals surface area contributed by atoms with Crippen molar-refractivity contribution in [2.75, 3.05) is 0 Å². The Morgan fingerprint density at radius 2 is 2.00 bits per heavy atom. The van der Waals surface area contributed by atoms with Gasteiger partial charge in [-0.25, -0.2) is 4.39 Å². The number of aryl methyl sites for hydroxylation is 1. The maximum atomic E-state index is 13.3. The van der Waals surface area contributed by atoms with E-state index in [1.807, 2.05) is 13.8 Å². The first-order valence-electron chi connectivity index (χ1n) is 5.65. The second kappa shape index (κ2) is 5.64. The Labute approximate surface area is 95.9 Å². The summed E-state index contributed by atoms with van der Waals surface area (Å²) >= 11 is 0. The van der Waals surface area contributed by atoms with Crippen molar-refractivity contribution < 1.29 is 9.18 Å². The molecule has 0 bridgehead atoms. The standard InChI is InChI=1S/C13H18FNO/c1-4-11(5-2)15-13(16)10-7-6-9(3)12(14)8-10/h6-8,11H,4-5H2,1-3H3,(H,15,16). The molecule has 1 N–H and O–H groups in total. The Hall–Kier alpha value is -1.38. The van der Waals surface area contributed by atoms with Crippen LogP contribution < -0.4 is 5.32 Å². The van der Waals surface area contributed by atoms with Crippen molar-refractivity contribution in [2.45, 2.75) is 39.7 Å². The Morgan fingerprint density at radius 1 is 1.38 bits per heavy atom. The van der Waals surface area contributed by atoms with Gasteiger partial charge in [0, 0.05) is 11.6 Å². The van der Waals surface area contributed by atoms with Gasteiger partial charge in [0.25, 0.3) is 5.91 Å². The predicted molar refractivity (Wildman–Crippen MR) is 63.0 cm³/mol. The van der Waals surface area contributed by atoms with Gasteiger partial charge in [-0.3, -0.25) is 4.79 Å². The fraction of sp³-hybridized carbons (Fsp3) is 0.462. The zero-order valence-corrected chi connectivity index (χ0v) is 10.0. The summed E-state index contributed by atoms with van der Waals surface area (Å²) in [5.74, 6) is -0.537. The summed E-state index contributed by atoms with van der Waals surface area (Å²) in [6.45, 7) is 5.71. The molecule has 0 saturated carbocycles. The average Bonchev–Trinajstić information content (AvgIpc) is 2.29. The van der Waals surface area contributed by atoms with E-state index in [2.05, 4.69) is 5.32 Å². The third-order valence-electron chi connectivity index (χ3n) is 2.75. The lowest BCUT2D eigenvalue weighted by Gasteiger charge is -2.14. The lowest BCUT2D eigenvalue weighted by molar-refractivity contribution is 0.0934. The molecule has 0 heterocycles. The molecule has 88 valence electrons. The van der Waals surface area contributed by atoms with Gasteiger partial charge in [0.1, 0.15) is 5.82 Å². The van der Waals surface area contributed by atoms with Crippen LogP contribution in [-0.4, -0.2) is 11.9 Å². The van der Waals surface area contributed by atoms with Gasteiger partial charge in [-0.15, -0.1) is 0 Å². The zero-order valence-electron chi connectivity index (χ0n) is 10.0. The minimum atomic E-state index is -0.336. The van der Waals surface area contributed by atoms with E-state index in [0.29, 0.717) is 11.1 Å². The normalized spacial score (nSPS) is 10.6. The van der Waals surface area contributed by atoms with E-state index in [1.165, 1.54) is 6.07 Å². The van der Waals surface area contributed by atoms with Crippen LogP contribution in [0.4, 0.5) is 4.39 Å². The molecule has 0 saturated heterocycles. The molecule has 0 aliphatic rings. The fourth-order valence-corrected chi connectivity index (χ4v) is 1.50. The van der Waals surface area contributed by atoms with E-state index >= 15 is 0 Å². The Morgan fingerprint density at radius 3 is 2.50 bits per heavy atom. The summed E-state index contributed by atoms with van der Waals surface area (Å²) in [7, 11) is 0. The number of hydrogen-bond donors (Lipinski definition) is 1. The second-order valence-corrected chi connectivity index (χ2v) is 3.95. The van der Waals surface area contributed by atoms with Crippen molar-refractivity contribution in [2.24, 2.45) is 0 Å². The third kappa shape index (κ3) is 3.05. The van der Waals surface area contributed by atoms with Gasteiger partial charge in [0.05, 0.1) is 0 Å².